The normalized spacial score (nSPS) is 20.1. The summed E-state index contributed by atoms with van der Waals surface area (Å²) in [7, 11) is 0. The third-order valence-corrected chi connectivity index (χ3v) is 2.82. The molecule has 4 heteroatoms. The fourth-order valence-electron chi connectivity index (χ4n) is 1.79. The summed E-state index contributed by atoms with van der Waals surface area (Å²) in [5.41, 5.74) is 0.390. The van der Waals surface area contributed by atoms with Crippen molar-refractivity contribution in [2.24, 2.45) is 5.41 Å². The van der Waals surface area contributed by atoms with E-state index in [1.165, 1.54) is 6.42 Å². The molecule has 0 saturated carbocycles. The van der Waals surface area contributed by atoms with E-state index in [4.69, 9.17) is 11.6 Å². The predicted octanol–water partition coefficient (Wildman–Crippen LogP) is 2.37. The van der Waals surface area contributed by atoms with Crippen LogP contribution >= 0.6 is 11.6 Å². The molecule has 0 aliphatic carbocycles. The molecule has 14 heavy (non-hydrogen) atoms. The molecule has 0 amide bonds. The largest absolute Gasteiger partial charge is 0.355 e. The van der Waals surface area contributed by atoms with Gasteiger partial charge in [0.15, 0.2) is 11.0 Å². The van der Waals surface area contributed by atoms with E-state index in [2.05, 4.69) is 28.9 Å². The first-order valence-corrected chi connectivity index (χ1v) is 5.19. The van der Waals surface area contributed by atoms with Gasteiger partial charge in [-0.2, -0.15) is 0 Å². The predicted molar refractivity (Wildman–Crippen MR) is 57.7 cm³/mol. The zero-order valence-electron chi connectivity index (χ0n) is 8.50. The van der Waals surface area contributed by atoms with Crippen LogP contribution in [0.25, 0.3) is 0 Å². The summed E-state index contributed by atoms with van der Waals surface area (Å²) in [6.45, 7) is 6.65. The number of rotatable bonds is 1. The fraction of sp³-hybridized carbons (Fsp3) is 0.600. The Kier molecular flexibility index (Phi) is 2.35. The van der Waals surface area contributed by atoms with E-state index in [1.807, 2.05) is 6.07 Å². The van der Waals surface area contributed by atoms with Crippen molar-refractivity contribution >= 4 is 17.4 Å². The Morgan fingerprint density at radius 1 is 1.36 bits per heavy atom. The Labute approximate surface area is 89.1 Å². The molecule has 0 atom stereocenters. The molecular formula is C10H14ClN3. The minimum absolute atomic E-state index is 0.390. The summed E-state index contributed by atoms with van der Waals surface area (Å²) in [5.74, 6) is 0.931. The minimum atomic E-state index is 0.390. The summed E-state index contributed by atoms with van der Waals surface area (Å²) in [4.78, 5) is 2.25. The number of anilines is 1. The standard InChI is InChI=1S/C10H14ClN3/c1-10(2)5-6-14(7-10)9-4-3-8(11)12-13-9/h3-4H,5-7H2,1-2H3. The smallest absolute Gasteiger partial charge is 0.151 e. The van der Waals surface area contributed by atoms with Gasteiger partial charge in [-0.25, -0.2) is 0 Å². The monoisotopic (exact) mass is 211 g/mol. The third-order valence-electron chi connectivity index (χ3n) is 2.62. The van der Waals surface area contributed by atoms with Gasteiger partial charge in [0.25, 0.3) is 0 Å². The van der Waals surface area contributed by atoms with Crippen molar-refractivity contribution in [1.29, 1.82) is 0 Å². The van der Waals surface area contributed by atoms with Crippen molar-refractivity contribution < 1.29 is 0 Å². The molecule has 1 fully saturated rings. The van der Waals surface area contributed by atoms with E-state index in [9.17, 15) is 0 Å². The number of nitrogens with zero attached hydrogens (tertiary/aromatic N) is 3. The van der Waals surface area contributed by atoms with Gasteiger partial charge >= 0.3 is 0 Å². The van der Waals surface area contributed by atoms with Gasteiger partial charge < -0.3 is 4.90 Å². The maximum atomic E-state index is 5.68. The quantitative estimate of drug-likeness (QED) is 0.714. The van der Waals surface area contributed by atoms with E-state index in [0.29, 0.717) is 10.6 Å². The van der Waals surface area contributed by atoms with Crippen LogP contribution in [0.3, 0.4) is 0 Å². The Morgan fingerprint density at radius 3 is 2.64 bits per heavy atom. The van der Waals surface area contributed by atoms with Crippen molar-refractivity contribution in [2.45, 2.75) is 20.3 Å². The molecule has 0 unspecified atom stereocenters. The first-order valence-electron chi connectivity index (χ1n) is 4.81. The van der Waals surface area contributed by atoms with Crippen LogP contribution in [-0.4, -0.2) is 23.3 Å². The summed E-state index contributed by atoms with van der Waals surface area (Å²) in [5, 5.41) is 8.37. The van der Waals surface area contributed by atoms with E-state index in [-0.39, 0.29) is 0 Å². The lowest BCUT2D eigenvalue weighted by molar-refractivity contribution is 0.418. The number of halogens is 1. The first-order chi connectivity index (χ1) is 6.57. The number of aromatic nitrogens is 2. The van der Waals surface area contributed by atoms with Crippen molar-refractivity contribution in [3.8, 4) is 0 Å². The van der Waals surface area contributed by atoms with Crippen LogP contribution in [0.5, 0.6) is 0 Å². The van der Waals surface area contributed by atoms with Crippen LogP contribution in [0.15, 0.2) is 12.1 Å². The molecule has 0 N–H and O–H groups in total. The van der Waals surface area contributed by atoms with E-state index in [1.54, 1.807) is 6.07 Å². The second kappa shape index (κ2) is 3.39. The van der Waals surface area contributed by atoms with Crippen LogP contribution in [-0.2, 0) is 0 Å². The highest BCUT2D eigenvalue weighted by Gasteiger charge is 2.29. The molecule has 1 aromatic heterocycles. The highest BCUT2D eigenvalue weighted by Crippen LogP contribution is 2.31. The maximum Gasteiger partial charge on any atom is 0.151 e. The third kappa shape index (κ3) is 1.98. The Balaban J connectivity index is 2.14. The van der Waals surface area contributed by atoms with E-state index < -0.39 is 0 Å². The van der Waals surface area contributed by atoms with Crippen molar-refractivity contribution in [3.63, 3.8) is 0 Å². The Morgan fingerprint density at radius 2 is 2.14 bits per heavy atom. The van der Waals surface area contributed by atoms with Gasteiger partial charge in [0, 0.05) is 13.1 Å². The minimum Gasteiger partial charge on any atom is -0.355 e. The van der Waals surface area contributed by atoms with E-state index in [0.717, 1.165) is 18.9 Å². The van der Waals surface area contributed by atoms with Crippen LogP contribution in [0.4, 0.5) is 5.82 Å². The lowest BCUT2D eigenvalue weighted by Gasteiger charge is -2.19. The van der Waals surface area contributed by atoms with Gasteiger partial charge in [0.2, 0.25) is 0 Å². The Hall–Kier alpha value is -0.830. The molecule has 0 aromatic carbocycles. The fourth-order valence-corrected chi connectivity index (χ4v) is 1.89. The second-order valence-electron chi connectivity index (χ2n) is 4.55. The van der Waals surface area contributed by atoms with Gasteiger partial charge in [0.1, 0.15) is 0 Å². The van der Waals surface area contributed by atoms with Crippen molar-refractivity contribution in [3.05, 3.63) is 17.3 Å². The molecule has 1 saturated heterocycles. The highest BCUT2D eigenvalue weighted by atomic mass is 35.5. The topological polar surface area (TPSA) is 29.0 Å². The molecule has 76 valence electrons. The molecule has 2 rings (SSSR count). The lowest BCUT2D eigenvalue weighted by atomic mass is 9.93. The highest BCUT2D eigenvalue weighted by molar-refractivity contribution is 6.29. The van der Waals surface area contributed by atoms with Crippen molar-refractivity contribution in [1.82, 2.24) is 10.2 Å². The zero-order valence-corrected chi connectivity index (χ0v) is 9.25. The van der Waals surface area contributed by atoms with Crippen molar-refractivity contribution in [2.75, 3.05) is 18.0 Å². The van der Waals surface area contributed by atoms with Gasteiger partial charge in [-0.1, -0.05) is 25.4 Å². The van der Waals surface area contributed by atoms with Crippen LogP contribution in [0.1, 0.15) is 20.3 Å². The molecule has 2 heterocycles. The zero-order chi connectivity index (χ0) is 10.2. The SMILES string of the molecule is CC1(C)CCN(c2ccc(Cl)nn2)C1. The van der Waals surface area contributed by atoms with Gasteiger partial charge in [-0.15, -0.1) is 10.2 Å². The molecule has 1 aliphatic heterocycles. The molecule has 1 aliphatic rings. The van der Waals surface area contributed by atoms with E-state index >= 15 is 0 Å². The summed E-state index contributed by atoms with van der Waals surface area (Å²) >= 11 is 5.68. The first kappa shape index (κ1) is 9.71. The van der Waals surface area contributed by atoms with Crippen LogP contribution in [0.2, 0.25) is 5.15 Å². The average Bonchev–Trinajstić information content (AvgIpc) is 2.47. The van der Waals surface area contributed by atoms with Gasteiger partial charge in [-0.3, -0.25) is 0 Å². The maximum absolute atomic E-state index is 5.68. The summed E-state index contributed by atoms with van der Waals surface area (Å²) < 4.78 is 0. The molecule has 1 aromatic rings. The molecule has 0 spiro atoms. The van der Waals surface area contributed by atoms with Gasteiger partial charge in [0.05, 0.1) is 0 Å². The summed E-state index contributed by atoms with van der Waals surface area (Å²) in [6, 6.07) is 3.71. The Bertz CT molecular complexity index is 321. The average molecular weight is 212 g/mol. The number of hydrogen-bond acceptors (Lipinski definition) is 3. The molecular weight excluding hydrogens is 198 g/mol. The number of hydrogen-bond donors (Lipinski definition) is 0. The van der Waals surface area contributed by atoms with Crippen LogP contribution < -0.4 is 4.90 Å². The molecule has 0 bridgehead atoms. The molecule has 0 radical (unpaired) electrons. The lowest BCUT2D eigenvalue weighted by Crippen LogP contribution is -2.23. The second-order valence-corrected chi connectivity index (χ2v) is 4.94. The molecule has 3 nitrogen and oxygen atoms in total. The van der Waals surface area contributed by atoms with Gasteiger partial charge in [-0.05, 0) is 24.0 Å². The summed E-state index contributed by atoms with van der Waals surface area (Å²) in [6.07, 6.45) is 1.21. The van der Waals surface area contributed by atoms with Crippen LogP contribution in [0, 0.1) is 5.41 Å².